The summed E-state index contributed by atoms with van der Waals surface area (Å²) in [6.07, 6.45) is 1.91. The van der Waals surface area contributed by atoms with Crippen LogP contribution in [0.1, 0.15) is 49.9 Å². The van der Waals surface area contributed by atoms with Gasteiger partial charge in [-0.1, -0.05) is 12.1 Å². The van der Waals surface area contributed by atoms with Crippen LogP contribution in [0.2, 0.25) is 0 Å². The molecule has 0 bridgehead atoms. The fourth-order valence-corrected chi connectivity index (χ4v) is 3.95. The van der Waals surface area contributed by atoms with Gasteiger partial charge >= 0.3 is 5.97 Å². The van der Waals surface area contributed by atoms with Crippen molar-refractivity contribution in [3.05, 3.63) is 29.8 Å². The molecule has 1 N–H and O–H groups in total. The van der Waals surface area contributed by atoms with E-state index in [9.17, 15) is 22.8 Å². The molecule has 9 heteroatoms. The standard InChI is InChI=1S/C19H26N2O6S/c1-14(22)16-6-8-17(9-7-16)28(25,26)20-11-10-18(23)27-15(2)19(24)21-12-4-3-5-13-21/h6-9,15,20H,3-5,10-13H2,1-2H3/t15-/m0/s1. The van der Waals surface area contributed by atoms with Crippen molar-refractivity contribution >= 4 is 27.7 Å². The van der Waals surface area contributed by atoms with E-state index < -0.39 is 22.1 Å². The Bertz CT molecular complexity index is 813. The second kappa shape index (κ2) is 9.79. The van der Waals surface area contributed by atoms with Gasteiger partial charge in [0.25, 0.3) is 5.91 Å². The van der Waals surface area contributed by atoms with Crippen LogP contribution in [0, 0.1) is 0 Å². The van der Waals surface area contributed by atoms with Crippen molar-refractivity contribution in [3.63, 3.8) is 0 Å². The number of likely N-dealkylation sites (tertiary alicyclic amines) is 1. The van der Waals surface area contributed by atoms with Crippen molar-refractivity contribution < 1.29 is 27.5 Å². The predicted molar refractivity (Wildman–Crippen MR) is 102 cm³/mol. The third-order valence-corrected chi connectivity index (χ3v) is 5.99. The van der Waals surface area contributed by atoms with Crippen LogP contribution >= 0.6 is 0 Å². The molecule has 0 saturated carbocycles. The summed E-state index contributed by atoms with van der Waals surface area (Å²) in [7, 11) is -3.80. The monoisotopic (exact) mass is 410 g/mol. The minimum absolute atomic E-state index is 0.000452. The molecule has 28 heavy (non-hydrogen) atoms. The highest BCUT2D eigenvalue weighted by atomic mass is 32.2. The number of Topliss-reactive ketones (excluding diaryl/α,β-unsaturated/α-hetero) is 1. The van der Waals surface area contributed by atoms with E-state index in [2.05, 4.69) is 4.72 Å². The molecule has 154 valence electrons. The number of carbonyl (C=O) groups is 3. The van der Waals surface area contributed by atoms with E-state index in [0.29, 0.717) is 18.7 Å². The third kappa shape index (κ3) is 6.13. The van der Waals surface area contributed by atoms with Gasteiger partial charge in [0, 0.05) is 25.2 Å². The first kappa shape index (κ1) is 22.0. The van der Waals surface area contributed by atoms with Crippen molar-refractivity contribution in [2.24, 2.45) is 0 Å². The number of nitrogens with one attached hydrogen (secondary N) is 1. The molecule has 1 aromatic carbocycles. The number of rotatable bonds is 8. The fourth-order valence-electron chi connectivity index (χ4n) is 2.92. The maximum Gasteiger partial charge on any atom is 0.307 e. The lowest BCUT2D eigenvalue weighted by Crippen LogP contribution is -2.42. The van der Waals surface area contributed by atoms with Gasteiger partial charge < -0.3 is 9.64 Å². The number of amides is 1. The van der Waals surface area contributed by atoms with Gasteiger partial charge in [0.2, 0.25) is 10.0 Å². The van der Waals surface area contributed by atoms with Gasteiger partial charge in [-0.05, 0) is 45.2 Å². The van der Waals surface area contributed by atoms with E-state index in [-0.39, 0.29) is 29.6 Å². The van der Waals surface area contributed by atoms with Crippen molar-refractivity contribution in [2.45, 2.75) is 50.5 Å². The van der Waals surface area contributed by atoms with Crippen LogP contribution in [0.4, 0.5) is 0 Å². The van der Waals surface area contributed by atoms with Gasteiger partial charge in [-0.15, -0.1) is 0 Å². The van der Waals surface area contributed by atoms with Crippen LogP contribution in [0.5, 0.6) is 0 Å². The molecule has 1 atom stereocenters. The summed E-state index contributed by atoms with van der Waals surface area (Å²) in [5, 5.41) is 0. The minimum Gasteiger partial charge on any atom is -0.452 e. The largest absolute Gasteiger partial charge is 0.452 e. The number of ether oxygens (including phenoxy) is 1. The molecule has 1 aliphatic heterocycles. The number of ketones is 1. The number of esters is 1. The summed E-state index contributed by atoms with van der Waals surface area (Å²) in [5.74, 6) is -1.03. The lowest BCUT2D eigenvalue weighted by atomic mass is 10.1. The Balaban J connectivity index is 1.80. The normalized spacial score (nSPS) is 15.7. The Morgan fingerprint density at radius 3 is 2.29 bits per heavy atom. The molecule has 1 fully saturated rings. The molecule has 1 heterocycles. The van der Waals surface area contributed by atoms with Gasteiger partial charge in [-0.2, -0.15) is 0 Å². The second-order valence-electron chi connectivity index (χ2n) is 6.75. The number of piperidine rings is 1. The average Bonchev–Trinajstić information content (AvgIpc) is 2.67. The van der Waals surface area contributed by atoms with Gasteiger partial charge in [0.1, 0.15) is 0 Å². The molecule has 0 unspecified atom stereocenters. The lowest BCUT2D eigenvalue weighted by molar-refractivity contribution is -0.159. The van der Waals surface area contributed by atoms with Crippen molar-refractivity contribution in [3.8, 4) is 0 Å². The van der Waals surface area contributed by atoms with Gasteiger partial charge in [0.05, 0.1) is 11.3 Å². The molecule has 0 radical (unpaired) electrons. The molecule has 8 nitrogen and oxygen atoms in total. The first-order chi connectivity index (χ1) is 13.2. The summed E-state index contributed by atoms with van der Waals surface area (Å²) in [6.45, 7) is 4.10. The maximum atomic E-state index is 12.2. The molecule has 0 spiro atoms. The van der Waals surface area contributed by atoms with Crippen molar-refractivity contribution in [2.75, 3.05) is 19.6 Å². The number of nitrogens with zero attached hydrogens (tertiary/aromatic N) is 1. The van der Waals surface area contributed by atoms with Gasteiger partial charge in [-0.3, -0.25) is 14.4 Å². The first-order valence-electron chi connectivity index (χ1n) is 9.29. The Labute approximate surface area is 165 Å². The Hall–Kier alpha value is -2.26. The average molecular weight is 410 g/mol. The van der Waals surface area contributed by atoms with Gasteiger partial charge in [-0.25, -0.2) is 13.1 Å². The topological polar surface area (TPSA) is 110 Å². The van der Waals surface area contributed by atoms with Crippen molar-refractivity contribution in [1.29, 1.82) is 0 Å². The molecule has 1 amide bonds. The van der Waals surface area contributed by atoms with Crippen molar-refractivity contribution in [1.82, 2.24) is 9.62 Å². The molecule has 1 aliphatic rings. The summed E-state index contributed by atoms with van der Waals surface area (Å²) < 4.78 is 31.9. The van der Waals surface area contributed by atoms with Crippen LogP contribution in [0.15, 0.2) is 29.2 Å². The first-order valence-corrected chi connectivity index (χ1v) is 10.8. The molecule has 1 saturated heterocycles. The highest BCUT2D eigenvalue weighted by molar-refractivity contribution is 7.89. The molecular weight excluding hydrogens is 384 g/mol. The van der Waals surface area contributed by atoms with Crippen LogP contribution in [0.3, 0.4) is 0 Å². The van der Waals surface area contributed by atoms with Crippen LogP contribution in [-0.2, 0) is 24.3 Å². The van der Waals surface area contributed by atoms with E-state index in [4.69, 9.17) is 4.74 Å². The molecular formula is C19H26N2O6S. The maximum absolute atomic E-state index is 12.2. The number of benzene rings is 1. The summed E-state index contributed by atoms with van der Waals surface area (Å²) in [4.78, 5) is 37.1. The number of sulfonamides is 1. The quantitative estimate of drug-likeness (QED) is 0.514. The number of carbonyl (C=O) groups excluding carboxylic acids is 3. The van der Waals surface area contributed by atoms with E-state index in [1.54, 1.807) is 4.90 Å². The van der Waals surface area contributed by atoms with E-state index in [1.165, 1.54) is 38.1 Å². The van der Waals surface area contributed by atoms with Crippen LogP contribution < -0.4 is 4.72 Å². The summed E-state index contributed by atoms with van der Waals surface area (Å²) in [6, 6.07) is 5.52. The number of hydrogen-bond donors (Lipinski definition) is 1. The number of hydrogen-bond acceptors (Lipinski definition) is 6. The predicted octanol–water partition coefficient (Wildman–Crippen LogP) is 1.50. The zero-order chi connectivity index (χ0) is 20.7. The zero-order valence-electron chi connectivity index (χ0n) is 16.1. The van der Waals surface area contributed by atoms with E-state index >= 15 is 0 Å². The third-order valence-electron chi connectivity index (χ3n) is 4.52. The molecule has 1 aromatic rings. The highest BCUT2D eigenvalue weighted by Crippen LogP contribution is 2.12. The molecule has 0 aliphatic carbocycles. The Morgan fingerprint density at radius 1 is 1.11 bits per heavy atom. The highest BCUT2D eigenvalue weighted by Gasteiger charge is 2.25. The summed E-state index contributed by atoms with van der Waals surface area (Å²) in [5.41, 5.74) is 0.412. The van der Waals surface area contributed by atoms with E-state index in [1.807, 2.05) is 0 Å². The molecule has 0 aromatic heterocycles. The van der Waals surface area contributed by atoms with E-state index in [0.717, 1.165) is 19.3 Å². The van der Waals surface area contributed by atoms with Crippen LogP contribution in [-0.4, -0.2) is 56.7 Å². The Kier molecular flexibility index (Phi) is 7.70. The molecule has 2 rings (SSSR count). The lowest BCUT2D eigenvalue weighted by Gasteiger charge is -2.28. The summed E-state index contributed by atoms with van der Waals surface area (Å²) >= 11 is 0. The SMILES string of the molecule is CC(=O)c1ccc(S(=O)(=O)NCCC(=O)O[C@@H](C)C(=O)N2CCCCC2)cc1. The minimum atomic E-state index is -3.80. The zero-order valence-corrected chi connectivity index (χ0v) is 17.0. The second-order valence-corrected chi connectivity index (χ2v) is 8.51. The fraction of sp³-hybridized carbons (Fsp3) is 0.526. The van der Waals surface area contributed by atoms with Gasteiger partial charge in [0.15, 0.2) is 11.9 Å². The Morgan fingerprint density at radius 2 is 1.71 bits per heavy atom. The van der Waals surface area contributed by atoms with Crippen LogP contribution in [0.25, 0.3) is 0 Å². The smallest absolute Gasteiger partial charge is 0.307 e.